The molecule has 0 atom stereocenters. The number of carbonyl (C=O) groups excluding carboxylic acids is 1. The SMILES string of the molecule is Cc1cc(C)cc(C(=O)c2c[nH]c3c(Cl)cccc23)c1. The summed E-state index contributed by atoms with van der Waals surface area (Å²) in [5.74, 6) is 0.0188. The van der Waals surface area contributed by atoms with Gasteiger partial charge in [0.25, 0.3) is 0 Å². The molecule has 3 rings (SSSR count). The van der Waals surface area contributed by atoms with Crippen LogP contribution in [0.3, 0.4) is 0 Å². The quantitative estimate of drug-likeness (QED) is 0.681. The van der Waals surface area contributed by atoms with Crippen molar-refractivity contribution in [2.24, 2.45) is 0 Å². The molecule has 0 aliphatic heterocycles. The van der Waals surface area contributed by atoms with E-state index in [0.717, 1.165) is 22.0 Å². The Balaban J connectivity index is 2.15. The molecule has 0 radical (unpaired) electrons. The molecule has 0 unspecified atom stereocenters. The number of H-pyrrole nitrogens is 1. The molecule has 0 bridgehead atoms. The zero-order valence-corrected chi connectivity index (χ0v) is 12.1. The normalized spacial score (nSPS) is 10.9. The van der Waals surface area contributed by atoms with Crippen LogP contribution in [0.15, 0.2) is 42.6 Å². The van der Waals surface area contributed by atoms with Crippen molar-refractivity contribution in [2.75, 3.05) is 0 Å². The van der Waals surface area contributed by atoms with Crippen LogP contribution in [-0.4, -0.2) is 10.8 Å². The van der Waals surface area contributed by atoms with Crippen molar-refractivity contribution in [1.82, 2.24) is 4.98 Å². The molecule has 0 amide bonds. The lowest BCUT2D eigenvalue weighted by molar-refractivity contribution is 0.104. The molecule has 20 heavy (non-hydrogen) atoms. The fraction of sp³-hybridized carbons (Fsp3) is 0.118. The first-order valence-electron chi connectivity index (χ1n) is 6.45. The zero-order valence-electron chi connectivity index (χ0n) is 11.3. The van der Waals surface area contributed by atoms with Crippen LogP contribution >= 0.6 is 11.6 Å². The van der Waals surface area contributed by atoms with E-state index in [1.54, 1.807) is 6.20 Å². The summed E-state index contributed by atoms with van der Waals surface area (Å²) in [5, 5.41) is 1.49. The van der Waals surface area contributed by atoms with E-state index in [1.165, 1.54) is 0 Å². The minimum atomic E-state index is 0.0188. The number of aromatic amines is 1. The molecule has 100 valence electrons. The molecule has 0 spiro atoms. The first-order chi connectivity index (χ1) is 9.56. The molecule has 0 saturated heterocycles. The van der Waals surface area contributed by atoms with Gasteiger partial charge in [-0.1, -0.05) is 40.9 Å². The predicted molar refractivity (Wildman–Crippen MR) is 82.7 cm³/mol. The van der Waals surface area contributed by atoms with Crippen molar-refractivity contribution < 1.29 is 4.79 Å². The summed E-state index contributed by atoms with van der Waals surface area (Å²) in [7, 11) is 0. The Labute approximate surface area is 122 Å². The maximum absolute atomic E-state index is 12.7. The van der Waals surface area contributed by atoms with E-state index in [4.69, 9.17) is 11.6 Å². The molecular formula is C17H14ClNO. The van der Waals surface area contributed by atoms with Gasteiger partial charge in [-0.05, 0) is 32.0 Å². The lowest BCUT2D eigenvalue weighted by atomic mass is 9.99. The second-order valence-electron chi connectivity index (χ2n) is 5.07. The Morgan fingerprint density at radius 1 is 1.10 bits per heavy atom. The summed E-state index contributed by atoms with van der Waals surface area (Å²) < 4.78 is 0. The summed E-state index contributed by atoms with van der Waals surface area (Å²) in [6.45, 7) is 3.99. The second kappa shape index (κ2) is 4.80. The van der Waals surface area contributed by atoms with Crippen molar-refractivity contribution in [1.29, 1.82) is 0 Å². The minimum absolute atomic E-state index is 0.0188. The molecule has 3 heteroatoms. The zero-order chi connectivity index (χ0) is 14.3. The Morgan fingerprint density at radius 2 is 1.80 bits per heavy atom. The number of hydrogen-bond donors (Lipinski definition) is 1. The predicted octanol–water partition coefficient (Wildman–Crippen LogP) is 4.67. The minimum Gasteiger partial charge on any atom is -0.359 e. The van der Waals surface area contributed by atoms with Gasteiger partial charge in [0.05, 0.1) is 10.5 Å². The topological polar surface area (TPSA) is 32.9 Å². The van der Waals surface area contributed by atoms with Gasteiger partial charge in [-0.2, -0.15) is 0 Å². The van der Waals surface area contributed by atoms with Crippen LogP contribution in [0.4, 0.5) is 0 Å². The molecule has 1 aromatic heterocycles. The molecule has 2 nitrogen and oxygen atoms in total. The number of fused-ring (bicyclic) bond motifs is 1. The van der Waals surface area contributed by atoms with E-state index in [9.17, 15) is 4.79 Å². The van der Waals surface area contributed by atoms with E-state index in [1.807, 2.05) is 44.2 Å². The van der Waals surface area contributed by atoms with Gasteiger partial charge in [0.15, 0.2) is 5.78 Å². The summed E-state index contributed by atoms with van der Waals surface area (Å²) in [6, 6.07) is 11.5. The van der Waals surface area contributed by atoms with E-state index in [2.05, 4.69) is 11.1 Å². The number of rotatable bonds is 2. The molecule has 3 aromatic rings. The average Bonchev–Trinajstić information content (AvgIpc) is 2.82. The maximum Gasteiger partial charge on any atom is 0.195 e. The van der Waals surface area contributed by atoms with Gasteiger partial charge >= 0.3 is 0 Å². The first kappa shape index (κ1) is 12.9. The van der Waals surface area contributed by atoms with Gasteiger partial charge in [-0.25, -0.2) is 0 Å². The lowest BCUT2D eigenvalue weighted by Crippen LogP contribution is -2.01. The monoisotopic (exact) mass is 283 g/mol. The average molecular weight is 284 g/mol. The number of aryl methyl sites for hydroxylation is 2. The number of carbonyl (C=O) groups is 1. The highest BCUT2D eigenvalue weighted by atomic mass is 35.5. The highest BCUT2D eigenvalue weighted by Crippen LogP contribution is 2.27. The number of para-hydroxylation sites is 1. The molecule has 1 N–H and O–H groups in total. The summed E-state index contributed by atoms with van der Waals surface area (Å²) in [6.07, 6.45) is 1.73. The maximum atomic E-state index is 12.7. The van der Waals surface area contributed by atoms with Crippen molar-refractivity contribution in [3.05, 3.63) is 69.9 Å². The van der Waals surface area contributed by atoms with Crippen molar-refractivity contribution in [3.8, 4) is 0 Å². The largest absolute Gasteiger partial charge is 0.359 e. The van der Waals surface area contributed by atoms with Gasteiger partial charge in [0.2, 0.25) is 0 Å². The second-order valence-corrected chi connectivity index (χ2v) is 5.48. The number of nitrogens with one attached hydrogen (secondary N) is 1. The number of hydrogen-bond acceptors (Lipinski definition) is 1. The van der Waals surface area contributed by atoms with E-state index in [-0.39, 0.29) is 5.78 Å². The fourth-order valence-electron chi connectivity index (χ4n) is 2.57. The molecule has 1 heterocycles. The van der Waals surface area contributed by atoms with Gasteiger partial charge in [0, 0.05) is 22.7 Å². The Morgan fingerprint density at radius 3 is 2.50 bits per heavy atom. The summed E-state index contributed by atoms with van der Waals surface area (Å²) in [5.41, 5.74) is 4.36. The van der Waals surface area contributed by atoms with Crippen LogP contribution < -0.4 is 0 Å². The molecular weight excluding hydrogens is 270 g/mol. The van der Waals surface area contributed by atoms with Crippen LogP contribution in [0.2, 0.25) is 5.02 Å². The Kier molecular flexibility index (Phi) is 3.11. The summed E-state index contributed by atoms with van der Waals surface area (Å²) >= 11 is 6.13. The number of aromatic nitrogens is 1. The third-order valence-corrected chi connectivity index (χ3v) is 3.71. The van der Waals surface area contributed by atoms with E-state index >= 15 is 0 Å². The van der Waals surface area contributed by atoms with Crippen LogP contribution in [0.5, 0.6) is 0 Å². The molecule has 0 saturated carbocycles. The number of ketones is 1. The third kappa shape index (κ3) is 2.12. The van der Waals surface area contributed by atoms with E-state index < -0.39 is 0 Å². The lowest BCUT2D eigenvalue weighted by Gasteiger charge is -2.04. The standard InChI is InChI=1S/C17H14ClNO/c1-10-6-11(2)8-12(7-10)17(20)14-9-19-16-13(14)4-3-5-15(16)18/h3-9,19H,1-2H3. The van der Waals surface area contributed by atoms with Crippen molar-refractivity contribution >= 4 is 28.3 Å². The van der Waals surface area contributed by atoms with Gasteiger partial charge in [-0.3, -0.25) is 4.79 Å². The van der Waals surface area contributed by atoms with Crippen LogP contribution in [-0.2, 0) is 0 Å². The van der Waals surface area contributed by atoms with Gasteiger partial charge in [-0.15, -0.1) is 0 Å². The van der Waals surface area contributed by atoms with Crippen LogP contribution in [0.1, 0.15) is 27.0 Å². The Hall–Kier alpha value is -2.06. The molecule has 0 aliphatic rings. The van der Waals surface area contributed by atoms with Crippen molar-refractivity contribution in [2.45, 2.75) is 13.8 Å². The van der Waals surface area contributed by atoms with Gasteiger partial charge < -0.3 is 4.98 Å². The Bertz CT molecular complexity index is 797. The summed E-state index contributed by atoms with van der Waals surface area (Å²) in [4.78, 5) is 15.8. The third-order valence-electron chi connectivity index (χ3n) is 3.39. The molecule has 2 aromatic carbocycles. The van der Waals surface area contributed by atoms with Crippen molar-refractivity contribution in [3.63, 3.8) is 0 Å². The molecule has 0 fully saturated rings. The smallest absolute Gasteiger partial charge is 0.195 e. The first-order valence-corrected chi connectivity index (χ1v) is 6.82. The van der Waals surface area contributed by atoms with Crippen LogP contribution in [0.25, 0.3) is 10.9 Å². The van der Waals surface area contributed by atoms with Gasteiger partial charge in [0.1, 0.15) is 0 Å². The number of benzene rings is 2. The van der Waals surface area contributed by atoms with Crippen LogP contribution in [0, 0.1) is 13.8 Å². The highest BCUT2D eigenvalue weighted by Gasteiger charge is 2.15. The number of halogens is 1. The fourth-order valence-corrected chi connectivity index (χ4v) is 2.80. The highest BCUT2D eigenvalue weighted by molar-refractivity contribution is 6.35. The van der Waals surface area contributed by atoms with E-state index in [0.29, 0.717) is 16.1 Å². The molecule has 0 aliphatic carbocycles.